The minimum absolute atomic E-state index is 0.0142. The zero-order valence-electron chi connectivity index (χ0n) is 18.4. The Morgan fingerprint density at radius 2 is 1.62 bits per heavy atom. The summed E-state index contributed by atoms with van der Waals surface area (Å²) in [5.41, 5.74) is 2.39. The number of para-hydroxylation sites is 1. The molecule has 2 N–H and O–H groups in total. The van der Waals surface area contributed by atoms with Crippen LogP contribution >= 0.6 is 0 Å². The third kappa shape index (κ3) is 5.88. The number of hydrogen-bond acceptors (Lipinski definition) is 4. The number of sulfonamides is 1. The predicted molar refractivity (Wildman–Crippen MR) is 133 cm³/mol. The van der Waals surface area contributed by atoms with Crippen molar-refractivity contribution >= 4 is 27.5 Å². The van der Waals surface area contributed by atoms with Crippen LogP contribution in [-0.4, -0.2) is 20.2 Å². The third-order valence-corrected chi connectivity index (χ3v) is 6.14. The third-order valence-electron chi connectivity index (χ3n) is 4.74. The Bertz CT molecular complexity index is 1420. The van der Waals surface area contributed by atoms with Crippen molar-refractivity contribution in [3.8, 4) is 23.5 Å². The van der Waals surface area contributed by atoms with Crippen LogP contribution in [0.3, 0.4) is 0 Å². The minimum Gasteiger partial charge on any atom is -0.321 e. The fourth-order valence-electron chi connectivity index (χ4n) is 3.14. The molecule has 170 valence electrons. The molecule has 3 aromatic carbocycles. The van der Waals surface area contributed by atoms with Crippen molar-refractivity contribution in [3.63, 3.8) is 0 Å². The molecule has 0 aliphatic rings. The number of allylic oxidation sites excluding steroid dienone is 3. The highest BCUT2D eigenvalue weighted by Crippen LogP contribution is 2.25. The van der Waals surface area contributed by atoms with E-state index < -0.39 is 21.8 Å². The maximum atomic E-state index is 13.0. The standard InChI is InChI=1S/C27H22N2O4S/c1-3-5-7-16-26(30)29-34(32,33)25-15-11-10-14-24(25)28-27(31)23-18-17-22(19-20(23)4-2)21-12-8-6-9-13-21/h2-3,5-19H,1H3,(H,28,31)(H,29,30)/b5-3?,16-7+. The second-order valence-electron chi connectivity index (χ2n) is 7.08. The van der Waals surface area contributed by atoms with Gasteiger partial charge in [-0.3, -0.25) is 9.59 Å². The molecular weight excluding hydrogens is 448 g/mol. The van der Waals surface area contributed by atoms with Crippen LogP contribution in [0.2, 0.25) is 0 Å². The lowest BCUT2D eigenvalue weighted by molar-refractivity contribution is -0.114. The molecule has 7 heteroatoms. The van der Waals surface area contributed by atoms with Crippen molar-refractivity contribution in [2.24, 2.45) is 0 Å². The van der Waals surface area contributed by atoms with Crippen LogP contribution in [-0.2, 0) is 14.8 Å². The van der Waals surface area contributed by atoms with Crippen molar-refractivity contribution in [2.45, 2.75) is 11.8 Å². The molecule has 0 aromatic heterocycles. The Kier molecular flexibility index (Phi) is 7.80. The molecule has 0 spiro atoms. The lowest BCUT2D eigenvalue weighted by Crippen LogP contribution is -2.30. The van der Waals surface area contributed by atoms with Crippen molar-refractivity contribution in [1.29, 1.82) is 0 Å². The van der Waals surface area contributed by atoms with Gasteiger partial charge in [-0.05, 0) is 42.3 Å². The molecule has 6 nitrogen and oxygen atoms in total. The Balaban J connectivity index is 1.88. The van der Waals surface area contributed by atoms with Gasteiger partial charge in [0.2, 0.25) is 0 Å². The molecule has 0 saturated carbocycles. The highest BCUT2D eigenvalue weighted by molar-refractivity contribution is 7.90. The predicted octanol–water partition coefficient (Wildman–Crippen LogP) is 4.52. The Morgan fingerprint density at radius 3 is 2.32 bits per heavy atom. The van der Waals surface area contributed by atoms with E-state index in [1.165, 1.54) is 24.3 Å². The van der Waals surface area contributed by atoms with Crippen LogP contribution in [0.5, 0.6) is 0 Å². The maximum Gasteiger partial charge on any atom is 0.266 e. The monoisotopic (exact) mass is 470 g/mol. The average molecular weight is 471 g/mol. The van der Waals surface area contributed by atoms with E-state index in [1.807, 2.05) is 35.1 Å². The molecule has 3 rings (SSSR count). The summed E-state index contributed by atoms with van der Waals surface area (Å²) in [5, 5.41) is 2.60. The van der Waals surface area contributed by atoms with E-state index in [9.17, 15) is 18.0 Å². The van der Waals surface area contributed by atoms with E-state index in [-0.39, 0.29) is 16.1 Å². The molecule has 0 unspecified atom stereocenters. The average Bonchev–Trinajstić information content (AvgIpc) is 2.84. The highest BCUT2D eigenvalue weighted by atomic mass is 32.2. The van der Waals surface area contributed by atoms with Gasteiger partial charge < -0.3 is 5.32 Å². The van der Waals surface area contributed by atoms with Gasteiger partial charge in [0.05, 0.1) is 11.3 Å². The molecule has 0 heterocycles. The number of amides is 2. The number of terminal acetylenes is 1. The number of anilines is 1. The van der Waals surface area contributed by atoms with E-state index in [2.05, 4.69) is 11.2 Å². The summed E-state index contributed by atoms with van der Waals surface area (Å²) < 4.78 is 27.5. The van der Waals surface area contributed by atoms with Crippen LogP contribution in [0.1, 0.15) is 22.8 Å². The second-order valence-corrected chi connectivity index (χ2v) is 8.73. The molecule has 2 amide bonds. The lowest BCUT2D eigenvalue weighted by atomic mass is 9.99. The van der Waals surface area contributed by atoms with Gasteiger partial charge in [-0.15, -0.1) is 6.42 Å². The number of nitrogens with one attached hydrogen (secondary N) is 2. The SMILES string of the molecule is C#Cc1cc(-c2ccccc2)ccc1C(=O)Nc1ccccc1S(=O)(=O)NC(=O)/C=C/C=CC. The zero-order chi connectivity index (χ0) is 24.6. The van der Waals surface area contributed by atoms with Gasteiger partial charge >= 0.3 is 0 Å². The Labute approximate surface area is 199 Å². The molecule has 0 bridgehead atoms. The summed E-state index contributed by atoms with van der Waals surface area (Å²) in [4.78, 5) is 24.7. The van der Waals surface area contributed by atoms with Gasteiger partial charge in [0.25, 0.3) is 21.8 Å². The summed E-state index contributed by atoms with van der Waals surface area (Å²) in [6.45, 7) is 1.76. The normalized spacial score (nSPS) is 11.3. The first kappa shape index (κ1) is 24.2. The van der Waals surface area contributed by atoms with Crippen molar-refractivity contribution in [1.82, 2.24) is 4.72 Å². The Hall–Kier alpha value is -4.41. The smallest absolute Gasteiger partial charge is 0.266 e. The Morgan fingerprint density at radius 1 is 0.912 bits per heavy atom. The molecule has 0 fully saturated rings. The largest absolute Gasteiger partial charge is 0.321 e. The van der Waals surface area contributed by atoms with Crippen molar-refractivity contribution in [2.75, 3.05) is 5.32 Å². The van der Waals surface area contributed by atoms with E-state index in [4.69, 9.17) is 6.42 Å². The summed E-state index contributed by atoms with van der Waals surface area (Å²) in [6.07, 6.45) is 11.4. The first-order valence-electron chi connectivity index (χ1n) is 10.3. The lowest BCUT2D eigenvalue weighted by Gasteiger charge is -2.13. The molecular formula is C27H22N2O4S. The van der Waals surface area contributed by atoms with Gasteiger partial charge in [0.1, 0.15) is 4.90 Å². The van der Waals surface area contributed by atoms with Gasteiger partial charge in [-0.1, -0.05) is 72.7 Å². The topological polar surface area (TPSA) is 92.3 Å². The van der Waals surface area contributed by atoms with Crippen molar-refractivity contribution in [3.05, 3.63) is 108 Å². The summed E-state index contributed by atoms with van der Waals surface area (Å²) in [7, 11) is -4.24. The van der Waals surface area contributed by atoms with Crippen LogP contribution in [0.4, 0.5) is 5.69 Å². The molecule has 0 radical (unpaired) electrons. The van der Waals surface area contributed by atoms with Gasteiger partial charge in [-0.2, -0.15) is 0 Å². The van der Waals surface area contributed by atoms with Gasteiger partial charge in [0.15, 0.2) is 0 Å². The van der Waals surface area contributed by atoms with Crippen molar-refractivity contribution < 1.29 is 18.0 Å². The van der Waals surface area contributed by atoms with Crippen LogP contribution < -0.4 is 10.0 Å². The highest BCUT2D eigenvalue weighted by Gasteiger charge is 2.22. The first-order chi connectivity index (χ1) is 16.4. The molecule has 0 atom stereocenters. The number of rotatable bonds is 7. The maximum absolute atomic E-state index is 13.0. The number of benzene rings is 3. The summed E-state index contributed by atoms with van der Waals surface area (Å²) in [6, 6.07) is 20.4. The zero-order valence-corrected chi connectivity index (χ0v) is 19.2. The fourth-order valence-corrected chi connectivity index (χ4v) is 4.25. The fraction of sp³-hybridized carbons (Fsp3) is 0.0370. The molecule has 0 aliphatic carbocycles. The number of carbonyl (C=O) groups excluding carboxylic acids is 2. The molecule has 3 aromatic rings. The minimum atomic E-state index is -4.24. The van der Waals surface area contributed by atoms with Crippen LogP contribution in [0.25, 0.3) is 11.1 Å². The first-order valence-corrected chi connectivity index (χ1v) is 11.8. The van der Waals surface area contributed by atoms with Crippen LogP contribution in [0, 0.1) is 12.3 Å². The number of carbonyl (C=O) groups is 2. The van der Waals surface area contributed by atoms with Gasteiger partial charge in [0, 0.05) is 11.6 Å². The molecule has 0 aliphatic heterocycles. The summed E-state index contributed by atoms with van der Waals surface area (Å²) >= 11 is 0. The molecule has 0 saturated heterocycles. The number of hydrogen-bond donors (Lipinski definition) is 2. The van der Waals surface area contributed by atoms with Crippen LogP contribution in [0.15, 0.2) is 102 Å². The van der Waals surface area contributed by atoms with E-state index in [0.717, 1.165) is 17.2 Å². The van der Waals surface area contributed by atoms with E-state index >= 15 is 0 Å². The van der Waals surface area contributed by atoms with Gasteiger partial charge in [-0.25, -0.2) is 13.1 Å². The molecule has 34 heavy (non-hydrogen) atoms. The summed E-state index contributed by atoms with van der Waals surface area (Å²) in [5.74, 6) is 1.13. The quantitative estimate of drug-likeness (QED) is 0.302. The van der Waals surface area contributed by atoms with E-state index in [0.29, 0.717) is 5.56 Å². The van der Waals surface area contributed by atoms with E-state index in [1.54, 1.807) is 43.3 Å². The second kappa shape index (κ2) is 10.9.